The zero-order valence-corrected chi connectivity index (χ0v) is 16.8. The largest absolute Gasteiger partial charge is 0.459 e. The monoisotopic (exact) mass is 402 g/mol. The Morgan fingerprint density at radius 3 is 2.86 bits per heavy atom. The van der Waals surface area contributed by atoms with Crippen LogP contribution in [0.1, 0.15) is 56.3 Å². The normalized spacial score (nSPS) is 24.0. The number of halogens is 1. The van der Waals surface area contributed by atoms with Crippen molar-refractivity contribution in [2.24, 2.45) is 0 Å². The number of fused-ring (bicyclic) bond motifs is 4. The van der Waals surface area contributed by atoms with Crippen LogP contribution in [0.25, 0.3) is 11.0 Å². The minimum absolute atomic E-state index is 0.172. The second-order valence-electron chi connectivity index (χ2n) is 8.39. The fourth-order valence-corrected chi connectivity index (χ4v) is 5.35. The van der Waals surface area contributed by atoms with E-state index in [-0.39, 0.29) is 11.6 Å². The van der Waals surface area contributed by atoms with E-state index in [1.165, 1.54) is 19.3 Å². The van der Waals surface area contributed by atoms with Crippen molar-refractivity contribution in [1.82, 2.24) is 16.0 Å². The molecule has 1 unspecified atom stereocenters. The molecule has 3 heterocycles. The van der Waals surface area contributed by atoms with Crippen LogP contribution in [-0.4, -0.2) is 25.2 Å². The molecule has 6 nitrogen and oxygen atoms in total. The topological polar surface area (TPSA) is 78.3 Å². The van der Waals surface area contributed by atoms with E-state index in [1.807, 2.05) is 6.07 Å². The number of carbonyl (C=O) groups excluding carboxylic acids is 1. The van der Waals surface area contributed by atoms with Crippen LogP contribution in [0.2, 0.25) is 5.02 Å². The van der Waals surface area contributed by atoms with E-state index in [0.717, 1.165) is 61.1 Å². The molecule has 1 spiro atoms. The van der Waals surface area contributed by atoms with Crippen molar-refractivity contribution >= 4 is 34.3 Å². The minimum atomic E-state index is -0.380. The maximum atomic E-state index is 12.3. The zero-order valence-electron chi connectivity index (χ0n) is 16.0. The van der Waals surface area contributed by atoms with Gasteiger partial charge < -0.3 is 25.7 Å². The van der Waals surface area contributed by atoms with Gasteiger partial charge in [-0.05, 0) is 44.4 Å². The molecule has 1 saturated carbocycles. The standard InChI is InChI=1S/C21H27ClN4O2/c22-16-10-13-9-15(12-24-14-5-4-8-23-11-14)28-19(13)17-18(16)25-20(27)26-21(17)6-2-1-3-7-21/h9-10,14,23-24H,1-8,11-12H2,(H2,25,26,27). The van der Waals surface area contributed by atoms with Gasteiger partial charge in [0.25, 0.3) is 0 Å². The molecule has 0 bridgehead atoms. The number of rotatable bonds is 3. The molecule has 2 amide bonds. The number of amides is 2. The first kappa shape index (κ1) is 18.3. The lowest BCUT2D eigenvalue weighted by Gasteiger charge is -2.42. The summed E-state index contributed by atoms with van der Waals surface area (Å²) in [5.41, 5.74) is 2.21. The molecular weight excluding hydrogens is 376 g/mol. The molecule has 3 aliphatic rings. The average Bonchev–Trinajstić information content (AvgIpc) is 3.10. The number of urea groups is 1. The van der Waals surface area contributed by atoms with Crippen LogP contribution < -0.4 is 21.3 Å². The average molecular weight is 403 g/mol. The number of benzene rings is 1. The smallest absolute Gasteiger partial charge is 0.319 e. The summed E-state index contributed by atoms with van der Waals surface area (Å²) < 4.78 is 6.34. The van der Waals surface area contributed by atoms with E-state index in [4.69, 9.17) is 16.0 Å². The highest BCUT2D eigenvalue weighted by Gasteiger charge is 2.43. The number of hydrogen-bond donors (Lipinski definition) is 4. The summed E-state index contributed by atoms with van der Waals surface area (Å²) >= 11 is 6.59. The molecule has 1 aromatic heterocycles. The van der Waals surface area contributed by atoms with Gasteiger partial charge in [0.2, 0.25) is 0 Å². The van der Waals surface area contributed by atoms with Crippen LogP contribution in [0.15, 0.2) is 16.5 Å². The fraction of sp³-hybridized carbons (Fsp3) is 0.571. The summed E-state index contributed by atoms with van der Waals surface area (Å²) in [4.78, 5) is 12.3. The van der Waals surface area contributed by atoms with Gasteiger partial charge >= 0.3 is 6.03 Å². The van der Waals surface area contributed by atoms with Gasteiger partial charge in [0.15, 0.2) is 0 Å². The maximum absolute atomic E-state index is 12.3. The van der Waals surface area contributed by atoms with E-state index in [9.17, 15) is 4.79 Å². The lowest BCUT2D eigenvalue weighted by molar-refractivity contribution is 0.209. The number of carbonyl (C=O) groups is 1. The highest BCUT2D eigenvalue weighted by atomic mass is 35.5. The summed E-state index contributed by atoms with van der Waals surface area (Å²) in [5, 5.41) is 14.7. The van der Waals surface area contributed by atoms with Crippen LogP contribution >= 0.6 is 11.6 Å². The highest BCUT2D eigenvalue weighted by Crippen LogP contribution is 2.48. The first-order chi connectivity index (χ1) is 13.6. The summed E-state index contributed by atoms with van der Waals surface area (Å²) in [6, 6.07) is 4.30. The quantitative estimate of drug-likeness (QED) is 0.619. The molecule has 0 radical (unpaired) electrons. The van der Waals surface area contributed by atoms with E-state index < -0.39 is 0 Å². The van der Waals surface area contributed by atoms with Crippen LogP contribution in [0.4, 0.5) is 10.5 Å². The molecule has 1 atom stereocenters. The third-order valence-corrected chi connectivity index (χ3v) is 6.75. The molecule has 28 heavy (non-hydrogen) atoms. The Hall–Kier alpha value is -1.76. The molecule has 7 heteroatoms. The molecule has 2 aliphatic heterocycles. The zero-order chi connectivity index (χ0) is 19.1. The van der Waals surface area contributed by atoms with E-state index >= 15 is 0 Å². The van der Waals surface area contributed by atoms with Crippen LogP contribution in [0, 0.1) is 0 Å². The van der Waals surface area contributed by atoms with E-state index in [0.29, 0.717) is 23.3 Å². The lowest BCUT2D eigenvalue weighted by atomic mass is 9.74. The van der Waals surface area contributed by atoms with E-state index in [2.05, 4.69) is 27.3 Å². The molecule has 5 rings (SSSR count). The molecule has 2 fully saturated rings. The van der Waals surface area contributed by atoms with Crippen molar-refractivity contribution in [2.45, 2.75) is 63.1 Å². The molecule has 150 valence electrons. The highest BCUT2D eigenvalue weighted by molar-refractivity contribution is 6.35. The van der Waals surface area contributed by atoms with Crippen LogP contribution in [0.3, 0.4) is 0 Å². The third-order valence-electron chi connectivity index (χ3n) is 6.45. The summed E-state index contributed by atoms with van der Waals surface area (Å²) in [7, 11) is 0. The second-order valence-corrected chi connectivity index (χ2v) is 8.79. The van der Waals surface area contributed by atoms with Gasteiger partial charge in [-0.3, -0.25) is 0 Å². The summed E-state index contributed by atoms with van der Waals surface area (Å²) in [5.74, 6) is 0.910. The van der Waals surface area contributed by atoms with Gasteiger partial charge in [-0.15, -0.1) is 0 Å². The van der Waals surface area contributed by atoms with Gasteiger partial charge in [-0.2, -0.15) is 0 Å². The van der Waals surface area contributed by atoms with Crippen molar-refractivity contribution in [3.05, 3.63) is 28.5 Å². The Kier molecular flexibility index (Phi) is 4.73. The van der Waals surface area contributed by atoms with Crippen molar-refractivity contribution in [3.8, 4) is 0 Å². The number of anilines is 1. The van der Waals surface area contributed by atoms with Crippen molar-refractivity contribution in [3.63, 3.8) is 0 Å². The van der Waals surface area contributed by atoms with Crippen LogP contribution in [-0.2, 0) is 12.1 Å². The van der Waals surface area contributed by atoms with Crippen molar-refractivity contribution < 1.29 is 9.21 Å². The number of piperidine rings is 1. The number of hydrogen-bond acceptors (Lipinski definition) is 4. The Morgan fingerprint density at radius 1 is 1.21 bits per heavy atom. The van der Waals surface area contributed by atoms with Crippen LogP contribution in [0.5, 0.6) is 0 Å². The Bertz CT molecular complexity index is 897. The Labute approximate surface area is 169 Å². The van der Waals surface area contributed by atoms with Crippen molar-refractivity contribution in [2.75, 3.05) is 18.4 Å². The predicted molar refractivity (Wildman–Crippen MR) is 111 cm³/mol. The lowest BCUT2D eigenvalue weighted by Crippen LogP contribution is -2.52. The van der Waals surface area contributed by atoms with Gasteiger partial charge in [0.05, 0.1) is 22.8 Å². The van der Waals surface area contributed by atoms with Gasteiger partial charge in [0, 0.05) is 23.5 Å². The van der Waals surface area contributed by atoms with Crippen molar-refractivity contribution in [1.29, 1.82) is 0 Å². The summed E-state index contributed by atoms with van der Waals surface area (Å²) in [6.45, 7) is 2.80. The molecule has 1 saturated heterocycles. The molecule has 1 aliphatic carbocycles. The second kappa shape index (κ2) is 7.25. The first-order valence-corrected chi connectivity index (χ1v) is 10.8. The maximum Gasteiger partial charge on any atom is 0.319 e. The molecule has 2 aromatic rings. The Balaban J connectivity index is 1.52. The molecular formula is C21H27ClN4O2. The van der Waals surface area contributed by atoms with Gasteiger partial charge in [0.1, 0.15) is 11.3 Å². The SMILES string of the molecule is O=C1Nc2c(Cl)cc3cc(CNC4CCCNC4)oc3c2C2(CCCCC2)N1. The molecule has 4 N–H and O–H groups in total. The number of nitrogens with one attached hydrogen (secondary N) is 4. The first-order valence-electron chi connectivity index (χ1n) is 10.4. The van der Waals surface area contributed by atoms with Gasteiger partial charge in [-0.1, -0.05) is 30.9 Å². The van der Waals surface area contributed by atoms with E-state index in [1.54, 1.807) is 0 Å². The molecule has 1 aromatic carbocycles. The predicted octanol–water partition coefficient (Wildman–Crippen LogP) is 4.22. The Morgan fingerprint density at radius 2 is 2.07 bits per heavy atom. The van der Waals surface area contributed by atoms with Gasteiger partial charge in [-0.25, -0.2) is 4.79 Å². The number of furan rings is 1. The summed E-state index contributed by atoms with van der Waals surface area (Å²) in [6.07, 6.45) is 7.62. The minimum Gasteiger partial charge on any atom is -0.459 e. The third kappa shape index (κ3) is 3.17. The fourth-order valence-electron chi connectivity index (χ4n) is 5.09.